The van der Waals surface area contributed by atoms with Gasteiger partial charge in [0.15, 0.2) is 0 Å². The van der Waals surface area contributed by atoms with Gasteiger partial charge in [-0.05, 0) is 49.8 Å². The number of hydrogen-bond donors (Lipinski definition) is 2. The van der Waals surface area contributed by atoms with Crippen LogP contribution in [0.5, 0.6) is 0 Å². The number of aromatic carboxylic acids is 1. The van der Waals surface area contributed by atoms with E-state index in [1.54, 1.807) is 4.90 Å². The third-order valence-electron chi connectivity index (χ3n) is 3.85. The van der Waals surface area contributed by atoms with Crippen molar-refractivity contribution in [1.29, 1.82) is 0 Å². The van der Waals surface area contributed by atoms with Gasteiger partial charge in [-0.2, -0.15) is 0 Å². The third-order valence-corrected chi connectivity index (χ3v) is 3.85. The van der Waals surface area contributed by atoms with Crippen LogP contribution in [0.2, 0.25) is 0 Å². The zero-order chi connectivity index (χ0) is 15.0. The van der Waals surface area contributed by atoms with Crippen molar-refractivity contribution in [2.45, 2.75) is 31.7 Å². The third kappa shape index (κ3) is 3.32. The van der Waals surface area contributed by atoms with Gasteiger partial charge in [0.05, 0.1) is 11.3 Å². The summed E-state index contributed by atoms with van der Waals surface area (Å²) in [5.41, 5.74) is -0.0964. The van der Waals surface area contributed by atoms with E-state index in [1.165, 1.54) is 6.07 Å². The molecule has 0 atom stereocenters. The Balaban J connectivity index is 1.75. The number of carboxylic acids is 1. The summed E-state index contributed by atoms with van der Waals surface area (Å²) in [6.45, 7) is 0.722. The van der Waals surface area contributed by atoms with Crippen LogP contribution >= 0.6 is 0 Å². The molecular formula is C15H17FN2O3. The maximum atomic E-state index is 13.1. The molecule has 2 saturated carbocycles. The molecule has 2 aliphatic carbocycles. The van der Waals surface area contributed by atoms with Crippen LogP contribution in [0, 0.1) is 11.7 Å². The van der Waals surface area contributed by atoms with E-state index in [9.17, 15) is 14.0 Å². The van der Waals surface area contributed by atoms with E-state index in [0.29, 0.717) is 5.92 Å². The minimum absolute atomic E-state index is 0.135. The average Bonchev–Trinajstić information content (AvgIpc) is 3.31. The number of rotatable bonds is 5. The number of urea groups is 1. The number of benzene rings is 1. The Labute approximate surface area is 121 Å². The summed E-state index contributed by atoms with van der Waals surface area (Å²) in [7, 11) is 0. The molecule has 2 amide bonds. The second-order valence-electron chi connectivity index (χ2n) is 5.75. The Kier molecular flexibility index (Phi) is 3.53. The van der Waals surface area contributed by atoms with Gasteiger partial charge in [0.25, 0.3) is 0 Å². The first-order valence-electron chi connectivity index (χ1n) is 7.15. The molecule has 5 nitrogen and oxygen atoms in total. The van der Waals surface area contributed by atoms with E-state index in [2.05, 4.69) is 5.32 Å². The average molecular weight is 292 g/mol. The molecule has 2 fully saturated rings. The minimum atomic E-state index is -1.26. The highest BCUT2D eigenvalue weighted by atomic mass is 19.1. The van der Waals surface area contributed by atoms with Crippen molar-refractivity contribution in [3.8, 4) is 0 Å². The van der Waals surface area contributed by atoms with Crippen LogP contribution < -0.4 is 5.32 Å². The number of amides is 2. The van der Waals surface area contributed by atoms with Gasteiger partial charge in [-0.15, -0.1) is 0 Å². The van der Waals surface area contributed by atoms with Crippen LogP contribution in [0.25, 0.3) is 0 Å². The molecule has 6 heteroatoms. The van der Waals surface area contributed by atoms with Gasteiger partial charge in [0.1, 0.15) is 5.82 Å². The highest BCUT2D eigenvalue weighted by Gasteiger charge is 2.36. The molecule has 112 valence electrons. The highest BCUT2D eigenvalue weighted by Crippen LogP contribution is 2.35. The van der Waals surface area contributed by atoms with Gasteiger partial charge in [-0.25, -0.2) is 14.0 Å². The molecule has 0 bridgehead atoms. The fraction of sp³-hybridized carbons (Fsp3) is 0.467. The van der Waals surface area contributed by atoms with Crippen LogP contribution in [0.15, 0.2) is 18.2 Å². The van der Waals surface area contributed by atoms with E-state index in [0.717, 1.165) is 44.4 Å². The Bertz CT molecular complexity index is 582. The SMILES string of the molecule is O=C(O)c1cc(F)ccc1NC(=O)N(CC1CC1)C1CC1. The van der Waals surface area contributed by atoms with Gasteiger partial charge in [0.2, 0.25) is 0 Å². The van der Waals surface area contributed by atoms with Crippen LogP contribution in [-0.2, 0) is 0 Å². The molecular weight excluding hydrogens is 275 g/mol. The molecule has 0 unspecified atom stereocenters. The van der Waals surface area contributed by atoms with Gasteiger partial charge >= 0.3 is 12.0 Å². The monoisotopic (exact) mass is 292 g/mol. The van der Waals surface area contributed by atoms with Crippen molar-refractivity contribution >= 4 is 17.7 Å². The predicted molar refractivity (Wildman–Crippen MR) is 74.8 cm³/mol. The summed E-state index contributed by atoms with van der Waals surface area (Å²) in [5, 5.41) is 11.7. The standard InChI is InChI=1S/C15H17FN2O3/c16-10-3-6-13(12(7-10)14(19)20)17-15(21)18(11-4-5-11)8-9-1-2-9/h3,6-7,9,11H,1-2,4-5,8H2,(H,17,21)(H,19,20). The smallest absolute Gasteiger partial charge is 0.337 e. The summed E-state index contributed by atoms with van der Waals surface area (Å²) < 4.78 is 13.1. The quantitative estimate of drug-likeness (QED) is 0.876. The van der Waals surface area contributed by atoms with Crippen molar-refractivity contribution in [2.24, 2.45) is 5.92 Å². The molecule has 0 spiro atoms. The Hall–Kier alpha value is -2.11. The number of carboxylic acid groups (broad SMARTS) is 1. The lowest BCUT2D eigenvalue weighted by Gasteiger charge is -2.23. The van der Waals surface area contributed by atoms with Crippen LogP contribution in [0.1, 0.15) is 36.0 Å². The zero-order valence-corrected chi connectivity index (χ0v) is 11.5. The molecule has 2 N–H and O–H groups in total. The number of hydrogen-bond acceptors (Lipinski definition) is 2. The van der Waals surface area contributed by atoms with Crippen molar-refractivity contribution in [1.82, 2.24) is 4.90 Å². The van der Waals surface area contributed by atoms with Crippen LogP contribution in [-0.4, -0.2) is 34.6 Å². The van der Waals surface area contributed by atoms with Crippen LogP contribution in [0.4, 0.5) is 14.9 Å². The van der Waals surface area contributed by atoms with Crippen molar-refractivity contribution < 1.29 is 19.1 Å². The van der Waals surface area contributed by atoms with Gasteiger partial charge in [0, 0.05) is 12.6 Å². The first-order chi connectivity index (χ1) is 10.0. The molecule has 0 aromatic heterocycles. The van der Waals surface area contributed by atoms with E-state index >= 15 is 0 Å². The van der Waals surface area contributed by atoms with E-state index in [1.807, 2.05) is 0 Å². The lowest BCUT2D eigenvalue weighted by atomic mass is 10.1. The number of carbonyl (C=O) groups is 2. The normalized spacial score (nSPS) is 17.4. The zero-order valence-electron chi connectivity index (χ0n) is 11.5. The molecule has 0 saturated heterocycles. The summed E-state index contributed by atoms with van der Waals surface area (Å²) in [4.78, 5) is 25.3. The van der Waals surface area contributed by atoms with Crippen LogP contribution in [0.3, 0.4) is 0 Å². The molecule has 1 aromatic rings. The number of halogens is 1. The van der Waals surface area contributed by atoms with Crippen molar-refractivity contribution in [2.75, 3.05) is 11.9 Å². The second-order valence-corrected chi connectivity index (χ2v) is 5.75. The molecule has 0 heterocycles. The molecule has 0 aliphatic heterocycles. The van der Waals surface area contributed by atoms with Gasteiger partial charge in [-0.3, -0.25) is 0 Å². The molecule has 2 aliphatic rings. The summed E-state index contributed by atoms with van der Waals surface area (Å²) >= 11 is 0. The van der Waals surface area contributed by atoms with E-state index < -0.39 is 11.8 Å². The van der Waals surface area contributed by atoms with E-state index in [-0.39, 0.29) is 23.3 Å². The maximum absolute atomic E-state index is 13.1. The van der Waals surface area contributed by atoms with Gasteiger partial charge < -0.3 is 15.3 Å². The lowest BCUT2D eigenvalue weighted by Crippen LogP contribution is -2.38. The Morgan fingerprint density at radius 2 is 2.00 bits per heavy atom. The number of anilines is 1. The molecule has 21 heavy (non-hydrogen) atoms. The largest absolute Gasteiger partial charge is 0.478 e. The number of nitrogens with one attached hydrogen (secondary N) is 1. The lowest BCUT2D eigenvalue weighted by molar-refractivity contribution is 0.0697. The summed E-state index contributed by atoms with van der Waals surface area (Å²) in [6.07, 6.45) is 4.28. The van der Waals surface area contributed by atoms with Crippen molar-refractivity contribution in [3.05, 3.63) is 29.6 Å². The fourth-order valence-electron chi connectivity index (χ4n) is 2.35. The summed E-state index contributed by atoms with van der Waals surface area (Å²) in [6, 6.07) is 3.32. The maximum Gasteiger partial charge on any atom is 0.337 e. The van der Waals surface area contributed by atoms with Gasteiger partial charge in [-0.1, -0.05) is 0 Å². The first kappa shape index (κ1) is 13.9. The first-order valence-corrected chi connectivity index (χ1v) is 7.15. The molecule has 1 aromatic carbocycles. The number of carbonyl (C=O) groups excluding carboxylic acids is 1. The second kappa shape index (κ2) is 5.35. The molecule has 0 radical (unpaired) electrons. The fourth-order valence-corrected chi connectivity index (χ4v) is 2.35. The Morgan fingerprint density at radius 1 is 1.29 bits per heavy atom. The minimum Gasteiger partial charge on any atom is -0.478 e. The predicted octanol–water partition coefficient (Wildman–Crippen LogP) is 2.93. The highest BCUT2D eigenvalue weighted by molar-refractivity contribution is 6.00. The molecule has 3 rings (SSSR count). The summed E-state index contributed by atoms with van der Waals surface area (Å²) in [5.74, 6) is -1.32. The topological polar surface area (TPSA) is 69.6 Å². The van der Waals surface area contributed by atoms with E-state index in [4.69, 9.17) is 5.11 Å². The van der Waals surface area contributed by atoms with Crippen molar-refractivity contribution in [3.63, 3.8) is 0 Å². The Morgan fingerprint density at radius 3 is 2.57 bits per heavy atom. The number of nitrogens with zero attached hydrogens (tertiary/aromatic N) is 1.